The zero-order chi connectivity index (χ0) is 71.5. The first-order valence-corrected chi connectivity index (χ1v) is 22.2. The molecule has 3 aliphatic heterocycles. The summed E-state index contributed by atoms with van der Waals surface area (Å²) in [6, 6.07) is -20.8. The molecular weight excluding hydrogens is 854 g/mol. The summed E-state index contributed by atoms with van der Waals surface area (Å²) in [5.74, 6) is 0. The van der Waals surface area contributed by atoms with E-state index >= 15 is 0 Å². The Morgan fingerprint density at radius 3 is 1.84 bits per heavy atom. The molecule has 0 atom stereocenters. The van der Waals surface area contributed by atoms with Gasteiger partial charge in [-0.2, -0.15) is 5.26 Å². The van der Waals surface area contributed by atoms with E-state index in [1.807, 2.05) is 6.07 Å². The minimum absolute atomic E-state index is 0.00241. The summed E-state index contributed by atoms with van der Waals surface area (Å²) < 4.78 is 280. The van der Waals surface area contributed by atoms with Crippen LogP contribution in [-0.2, 0) is 10.8 Å². The van der Waals surface area contributed by atoms with Crippen LogP contribution >= 0.6 is 0 Å². The lowest BCUT2D eigenvalue weighted by Gasteiger charge is -2.46. The van der Waals surface area contributed by atoms with E-state index in [-0.39, 0.29) is 32.8 Å². The van der Waals surface area contributed by atoms with Crippen molar-refractivity contribution >= 4 is 123 Å². The number of rotatable bonds is 2. The number of nitrogens with zero attached hydrogens (tertiary/aromatic N) is 5. The molecule has 6 nitrogen and oxygen atoms in total. The van der Waals surface area contributed by atoms with Gasteiger partial charge in [-0.15, -0.1) is 0 Å². The molecule has 0 saturated carbocycles. The Bertz CT molecular complexity index is 5960. The van der Waals surface area contributed by atoms with E-state index in [2.05, 4.69) is 0 Å². The molecule has 9 aromatic carbocycles. The standard InChI is InChI=1S/C63H46BN5O/c1-62(2,3)37-24-28-48-43(32-37)44-33-38(63(4,5)6)25-29-49(44)66(48)39-26-27-45-53(34-39)67(50-19-13-23-57-58(50)42-15-8-10-22-56(42)70-57)54-30-36(35-65)31-55-59(54)64(45)46-17-12-21-52-61(46)69(55)51-20-11-16-41-40-14-7-9-18-47(40)68(52)60(41)51/h7-34H,1-6H3/i7D,8D,9D,10D,11D,12D,13D,14D,15D,16D,17D,18D,19D,20D,21D,22D,23D,24D,25D,26D,27D,28D,29D,30D,31D,32D,33D,34D. The normalized spacial score (nSPS) is 19.4. The largest absolute Gasteiger partial charge is 0.456 e. The Labute approximate surface area is 445 Å². The highest BCUT2D eigenvalue weighted by molar-refractivity contribution is 7.00. The summed E-state index contributed by atoms with van der Waals surface area (Å²) in [4.78, 5) is 1.92. The van der Waals surface area contributed by atoms with E-state index in [0.29, 0.717) is 0 Å². The lowest BCUT2D eigenvalue weighted by atomic mass is 9.33. The number of nitriles is 1. The Balaban J connectivity index is 1.25. The summed E-state index contributed by atoms with van der Waals surface area (Å²) in [5.41, 5.74) is -12.8. The van der Waals surface area contributed by atoms with Crippen molar-refractivity contribution in [3.05, 3.63) is 186 Å². The number of hydrogen-bond donors (Lipinski definition) is 0. The van der Waals surface area contributed by atoms with Crippen molar-refractivity contribution < 1.29 is 42.8 Å². The Hall–Kier alpha value is -8.47. The summed E-state index contributed by atoms with van der Waals surface area (Å²) in [5, 5.41) is 9.12. The van der Waals surface area contributed by atoms with E-state index in [4.69, 9.17) is 11.3 Å². The van der Waals surface area contributed by atoms with Gasteiger partial charge in [0.2, 0.25) is 0 Å². The number of para-hydroxylation sites is 4. The first-order valence-electron chi connectivity index (χ1n) is 36.2. The lowest BCUT2D eigenvalue weighted by molar-refractivity contribution is 0.590. The van der Waals surface area contributed by atoms with Crippen molar-refractivity contribution in [2.24, 2.45) is 0 Å². The highest BCUT2D eigenvalue weighted by atomic mass is 16.3. The van der Waals surface area contributed by atoms with Gasteiger partial charge in [0.25, 0.3) is 6.71 Å². The van der Waals surface area contributed by atoms with Crippen LogP contribution in [0, 0.1) is 11.3 Å². The third kappa shape index (κ3) is 5.07. The number of hydrogen-bond acceptors (Lipinski definition) is 4. The van der Waals surface area contributed by atoms with E-state index in [0.717, 1.165) is 18.9 Å². The van der Waals surface area contributed by atoms with Crippen LogP contribution in [-0.4, -0.2) is 15.8 Å². The maximum absolute atomic E-state index is 11.5. The third-order valence-electron chi connectivity index (χ3n) is 13.3. The summed E-state index contributed by atoms with van der Waals surface area (Å²) >= 11 is 0. The second kappa shape index (κ2) is 13.4. The Kier molecular flexibility index (Phi) is 4.03. The van der Waals surface area contributed by atoms with Gasteiger partial charge in [0.1, 0.15) is 11.2 Å². The van der Waals surface area contributed by atoms with E-state index in [1.54, 1.807) is 41.5 Å². The highest BCUT2D eigenvalue weighted by Gasteiger charge is 2.46. The van der Waals surface area contributed by atoms with Gasteiger partial charge in [-0.25, -0.2) is 0 Å². The van der Waals surface area contributed by atoms with E-state index < -0.39 is 298 Å². The molecule has 332 valence electrons. The molecule has 3 aromatic heterocycles. The van der Waals surface area contributed by atoms with Crippen LogP contribution in [0.25, 0.3) is 76.9 Å². The molecular formula is C63H46BN5O. The molecule has 0 fully saturated rings. The minimum atomic E-state index is -2.06. The molecule has 0 aliphatic carbocycles. The van der Waals surface area contributed by atoms with Gasteiger partial charge in [-0.05, 0) is 123 Å². The van der Waals surface area contributed by atoms with Crippen LogP contribution in [0.15, 0.2) is 174 Å². The quantitative estimate of drug-likeness (QED) is 0.162. The van der Waals surface area contributed by atoms with Crippen molar-refractivity contribution in [1.82, 2.24) is 9.13 Å². The summed E-state index contributed by atoms with van der Waals surface area (Å²) in [6.07, 6.45) is 0. The van der Waals surface area contributed by atoms with Gasteiger partial charge in [-0.3, -0.25) is 0 Å². The Morgan fingerprint density at radius 2 is 1.10 bits per heavy atom. The molecule has 0 spiro atoms. The van der Waals surface area contributed by atoms with Gasteiger partial charge in [-0.1, -0.05) is 126 Å². The molecule has 15 rings (SSSR count). The maximum Gasteiger partial charge on any atom is 0.252 e. The molecule has 0 radical (unpaired) electrons. The van der Waals surface area contributed by atoms with Crippen molar-refractivity contribution in [3.8, 4) is 17.4 Å². The molecule has 0 saturated heterocycles. The summed E-state index contributed by atoms with van der Waals surface area (Å²) in [7, 11) is 0. The zero-order valence-electron chi connectivity index (χ0n) is 65.7. The fraction of sp³-hybridized carbons (Fsp3) is 0.127. The van der Waals surface area contributed by atoms with Gasteiger partial charge in [0, 0.05) is 49.7 Å². The van der Waals surface area contributed by atoms with Crippen molar-refractivity contribution in [1.29, 1.82) is 5.26 Å². The minimum Gasteiger partial charge on any atom is -0.456 e. The number of furan rings is 1. The smallest absolute Gasteiger partial charge is 0.252 e. The maximum atomic E-state index is 11.5. The molecule has 12 aromatic rings. The third-order valence-corrected chi connectivity index (χ3v) is 13.3. The second-order valence-electron chi connectivity index (χ2n) is 19.4. The summed E-state index contributed by atoms with van der Waals surface area (Å²) in [6.45, 7) is 8.03. The van der Waals surface area contributed by atoms with Crippen LogP contribution < -0.4 is 26.2 Å². The van der Waals surface area contributed by atoms with Crippen LogP contribution in [0.1, 0.15) is 96.6 Å². The van der Waals surface area contributed by atoms with Crippen molar-refractivity contribution in [2.75, 3.05) is 9.80 Å². The predicted octanol–water partition coefficient (Wildman–Crippen LogP) is 14.6. The van der Waals surface area contributed by atoms with Crippen LogP contribution in [0.5, 0.6) is 0 Å². The number of fused-ring (bicyclic) bond motifs is 15. The monoisotopic (exact) mass is 928 g/mol. The van der Waals surface area contributed by atoms with Gasteiger partial charge in [0.15, 0.2) is 0 Å². The van der Waals surface area contributed by atoms with Gasteiger partial charge < -0.3 is 23.4 Å². The van der Waals surface area contributed by atoms with Gasteiger partial charge >= 0.3 is 0 Å². The highest BCUT2D eigenvalue weighted by Crippen LogP contribution is 2.53. The fourth-order valence-electron chi connectivity index (χ4n) is 10.2. The molecule has 3 aliphatic rings. The number of aromatic nitrogens is 2. The van der Waals surface area contributed by atoms with E-state index in [1.165, 1.54) is 0 Å². The fourth-order valence-corrected chi connectivity index (χ4v) is 10.2. The van der Waals surface area contributed by atoms with Gasteiger partial charge in [0.05, 0.1) is 100 Å². The molecule has 6 heterocycles. The van der Waals surface area contributed by atoms with E-state index in [9.17, 15) is 36.8 Å². The first-order chi connectivity index (χ1) is 45.7. The SMILES string of the molecule is [2H]c1c([2H])c2c3c(c1[2H])-n1c4c([2H])c([2H])c([2H])c([2H])c4c4c([2H])c([2H])c([2H])c(c41)N3c1c([2H])c(C#N)c([2H])c3c1B2c1c([2H])c([2H])c(-n2c4c([2H])c([2H])c(C(C)(C)C)c([2H])c4c4c([2H])c(C(C)(C)C)c([2H])c([2H])c42)c([2H])c1N3c1c([2H])c([2H])c([2H])c2oc3c([2H])c([2H])c([2H])c([2H])c3c12. The van der Waals surface area contributed by atoms with Crippen molar-refractivity contribution in [3.63, 3.8) is 0 Å². The van der Waals surface area contributed by atoms with Crippen LogP contribution in [0.3, 0.4) is 0 Å². The van der Waals surface area contributed by atoms with Crippen molar-refractivity contribution in [2.45, 2.75) is 52.4 Å². The number of benzene rings is 9. The van der Waals surface area contributed by atoms with Crippen LogP contribution in [0.4, 0.5) is 34.1 Å². The average molecular weight is 928 g/mol. The molecule has 0 amide bonds. The van der Waals surface area contributed by atoms with Crippen LogP contribution in [0.2, 0.25) is 0 Å². The predicted molar refractivity (Wildman–Crippen MR) is 292 cm³/mol. The Morgan fingerprint density at radius 1 is 0.486 bits per heavy atom. The average Bonchev–Trinajstić information content (AvgIpc) is 1.14. The first kappa shape index (κ1) is 21.0. The second-order valence-corrected chi connectivity index (χ2v) is 19.4. The molecule has 0 bridgehead atoms. The lowest BCUT2D eigenvalue weighted by Crippen LogP contribution is -2.61. The molecule has 0 N–H and O–H groups in total. The molecule has 7 heteroatoms. The zero-order valence-corrected chi connectivity index (χ0v) is 37.7. The molecule has 0 unspecified atom stereocenters. The molecule has 70 heavy (non-hydrogen) atoms. The number of anilines is 6. The topological polar surface area (TPSA) is 53.3 Å².